The van der Waals surface area contributed by atoms with E-state index < -0.39 is 0 Å². The van der Waals surface area contributed by atoms with E-state index in [-0.39, 0.29) is 11.9 Å². The van der Waals surface area contributed by atoms with Crippen LogP contribution in [-0.4, -0.2) is 28.8 Å². The van der Waals surface area contributed by atoms with Crippen LogP contribution in [0, 0.1) is 0 Å². The van der Waals surface area contributed by atoms with Crippen molar-refractivity contribution in [3.05, 3.63) is 58.8 Å². The highest BCUT2D eigenvalue weighted by molar-refractivity contribution is 8.14. The number of para-hydroxylation sites is 1. The summed E-state index contributed by atoms with van der Waals surface area (Å²) < 4.78 is 0. The van der Waals surface area contributed by atoms with Crippen LogP contribution in [0.15, 0.2) is 53.3 Å². The van der Waals surface area contributed by atoms with Crippen LogP contribution in [-0.2, 0) is 4.79 Å². The molecule has 1 amide bonds. The average molecular weight is 358 g/mol. The number of thiophene rings is 1. The predicted octanol–water partition coefficient (Wildman–Crippen LogP) is 4.26. The third kappa shape index (κ3) is 3.55. The normalized spacial score (nSPS) is 14.8. The van der Waals surface area contributed by atoms with E-state index in [4.69, 9.17) is 0 Å². The highest BCUT2D eigenvalue weighted by Crippen LogP contribution is 2.34. The van der Waals surface area contributed by atoms with E-state index in [0.29, 0.717) is 5.75 Å². The average Bonchev–Trinajstić information content (AvgIpc) is 3.11. The number of amidine groups is 1. The summed E-state index contributed by atoms with van der Waals surface area (Å²) in [5.41, 5.74) is 2.83. The molecule has 24 heavy (non-hydrogen) atoms. The van der Waals surface area contributed by atoms with E-state index in [1.54, 1.807) is 11.3 Å². The van der Waals surface area contributed by atoms with Crippen LogP contribution in [0.25, 0.3) is 5.70 Å². The van der Waals surface area contributed by atoms with Crippen LogP contribution in [0.2, 0.25) is 0 Å². The molecule has 1 aliphatic heterocycles. The van der Waals surface area contributed by atoms with Gasteiger partial charge in [-0.25, -0.2) is 4.99 Å². The molecule has 1 N–H and O–H groups in total. The molecule has 4 nitrogen and oxygen atoms in total. The van der Waals surface area contributed by atoms with E-state index in [1.807, 2.05) is 60.6 Å². The molecule has 0 saturated carbocycles. The number of amides is 1. The van der Waals surface area contributed by atoms with Crippen molar-refractivity contribution in [3.63, 3.8) is 0 Å². The molecule has 1 unspecified atom stereocenters. The molecule has 2 heterocycles. The first-order valence-electron chi connectivity index (χ1n) is 7.62. The van der Waals surface area contributed by atoms with Crippen molar-refractivity contribution in [1.29, 1.82) is 0 Å². The lowest BCUT2D eigenvalue weighted by Gasteiger charge is -2.28. The summed E-state index contributed by atoms with van der Waals surface area (Å²) in [5.74, 6) is 0.329. The second-order valence-electron chi connectivity index (χ2n) is 5.51. The lowest BCUT2D eigenvalue weighted by molar-refractivity contribution is -0.119. The Balaban J connectivity index is 1.63. The van der Waals surface area contributed by atoms with E-state index in [2.05, 4.69) is 16.9 Å². The largest absolute Gasteiger partial charge is 0.348 e. The molecule has 0 spiro atoms. The SMILES string of the molecule is C=C1c2ccccc2N=C(SCC(=O)NC(C)c2cccs2)N1C. The number of nitrogens with zero attached hydrogens (tertiary/aromatic N) is 2. The third-order valence-electron chi connectivity index (χ3n) is 3.80. The van der Waals surface area contributed by atoms with Gasteiger partial charge >= 0.3 is 0 Å². The van der Waals surface area contributed by atoms with Gasteiger partial charge in [0.1, 0.15) is 0 Å². The lowest BCUT2D eigenvalue weighted by atomic mass is 10.1. The van der Waals surface area contributed by atoms with Gasteiger partial charge in [0.05, 0.1) is 17.5 Å². The second-order valence-corrected chi connectivity index (χ2v) is 7.43. The maximum Gasteiger partial charge on any atom is 0.230 e. The van der Waals surface area contributed by atoms with Crippen molar-refractivity contribution < 1.29 is 4.79 Å². The van der Waals surface area contributed by atoms with Crippen molar-refractivity contribution in [2.45, 2.75) is 13.0 Å². The van der Waals surface area contributed by atoms with Crippen molar-refractivity contribution >= 4 is 45.6 Å². The topological polar surface area (TPSA) is 44.7 Å². The summed E-state index contributed by atoms with van der Waals surface area (Å²) >= 11 is 3.07. The Hall–Kier alpha value is -2.05. The quantitative estimate of drug-likeness (QED) is 0.889. The molecule has 1 aromatic carbocycles. The molecule has 0 bridgehead atoms. The second kappa shape index (κ2) is 7.23. The van der Waals surface area contributed by atoms with E-state index >= 15 is 0 Å². The Bertz CT molecular complexity index is 783. The first-order valence-corrected chi connectivity index (χ1v) is 9.49. The van der Waals surface area contributed by atoms with Crippen LogP contribution in [0.3, 0.4) is 0 Å². The van der Waals surface area contributed by atoms with Crippen molar-refractivity contribution in [3.8, 4) is 0 Å². The number of rotatable bonds is 4. The molecule has 0 fully saturated rings. The first-order chi connectivity index (χ1) is 11.6. The number of hydrogen-bond donors (Lipinski definition) is 1. The summed E-state index contributed by atoms with van der Waals surface area (Å²) in [7, 11) is 1.93. The van der Waals surface area contributed by atoms with Gasteiger partial charge in [-0.05, 0) is 24.4 Å². The smallest absolute Gasteiger partial charge is 0.230 e. The summed E-state index contributed by atoms with van der Waals surface area (Å²) in [4.78, 5) is 19.9. The number of aliphatic imine (C=N–C) groups is 1. The van der Waals surface area contributed by atoms with Gasteiger partial charge in [0.25, 0.3) is 0 Å². The molecule has 1 aliphatic rings. The molecule has 0 saturated heterocycles. The molecule has 1 atom stereocenters. The van der Waals surface area contributed by atoms with Crippen molar-refractivity contribution in [2.75, 3.05) is 12.8 Å². The first kappa shape index (κ1) is 16.8. The maximum atomic E-state index is 12.2. The highest BCUT2D eigenvalue weighted by Gasteiger charge is 2.21. The molecular formula is C18H19N3OS2. The van der Waals surface area contributed by atoms with Crippen molar-refractivity contribution in [2.24, 2.45) is 4.99 Å². The molecular weight excluding hydrogens is 338 g/mol. The van der Waals surface area contributed by atoms with Crippen LogP contribution >= 0.6 is 23.1 Å². The lowest BCUT2D eigenvalue weighted by Crippen LogP contribution is -2.30. The Labute approximate surface area is 150 Å². The molecule has 3 rings (SSSR count). The number of fused-ring (bicyclic) bond motifs is 1. The number of benzene rings is 1. The highest BCUT2D eigenvalue weighted by atomic mass is 32.2. The number of carbonyl (C=O) groups excluding carboxylic acids is 1. The predicted molar refractivity (Wildman–Crippen MR) is 104 cm³/mol. The number of hydrogen-bond acceptors (Lipinski definition) is 5. The zero-order chi connectivity index (χ0) is 17.1. The standard InChI is InChI=1S/C18H19N3OS2/c1-12(16-9-6-10-23-16)19-17(22)11-24-18-20-15-8-5-4-7-14(15)13(2)21(18)3/h4-10,12H,2,11H2,1,3H3,(H,19,22). The van der Waals surface area contributed by atoms with Crippen LogP contribution < -0.4 is 5.32 Å². The van der Waals surface area contributed by atoms with E-state index in [1.165, 1.54) is 11.8 Å². The zero-order valence-corrected chi connectivity index (χ0v) is 15.3. The summed E-state index contributed by atoms with van der Waals surface area (Å²) in [6.07, 6.45) is 0. The fourth-order valence-corrected chi connectivity index (χ4v) is 3.99. The molecule has 0 aliphatic carbocycles. The number of nitrogens with one attached hydrogen (secondary N) is 1. The molecule has 124 valence electrons. The number of carbonyl (C=O) groups is 1. The van der Waals surface area contributed by atoms with Gasteiger partial charge in [-0.2, -0.15) is 0 Å². The molecule has 6 heteroatoms. The Morgan fingerprint density at radius 3 is 2.92 bits per heavy atom. The van der Waals surface area contributed by atoms with Gasteiger partial charge in [0.2, 0.25) is 5.91 Å². The van der Waals surface area contributed by atoms with E-state index in [0.717, 1.165) is 27.0 Å². The van der Waals surface area contributed by atoms with Gasteiger partial charge in [0.15, 0.2) is 5.17 Å². The van der Waals surface area contributed by atoms with Gasteiger partial charge < -0.3 is 10.2 Å². The number of thioether (sulfide) groups is 1. The fourth-order valence-electron chi connectivity index (χ4n) is 2.44. The maximum absolute atomic E-state index is 12.2. The Morgan fingerprint density at radius 1 is 1.38 bits per heavy atom. The molecule has 1 aromatic heterocycles. The fraction of sp³-hybridized carbons (Fsp3) is 0.222. The summed E-state index contributed by atoms with van der Waals surface area (Å²) in [5, 5.41) is 5.83. The van der Waals surface area contributed by atoms with E-state index in [9.17, 15) is 4.79 Å². The van der Waals surface area contributed by atoms with Gasteiger partial charge in [-0.3, -0.25) is 4.79 Å². The molecule has 2 aromatic rings. The van der Waals surface area contributed by atoms with Gasteiger partial charge in [0, 0.05) is 23.2 Å². The zero-order valence-electron chi connectivity index (χ0n) is 13.7. The van der Waals surface area contributed by atoms with Crippen LogP contribution in [0.1, 0.15) is 23.4 Å². The Morgan fingerprint density at radius 2 is 2.17 bits per heavy atom. The van der Waals surface area contributed by atoms with Crippen LogP contribution in [0.4, 0.5) is 5.69 Å². The summed E-state index contributed by atoms with van der Waals surface area (Å²) in [6.45, 7) is 6.13. The minimum absolute atomic E-state index is 0.00136. The third-order valence-corrected chi connectivity index (χ3v) is 5.89. The molecule has 0 radical (unpaired) electrons. The minimum atomic E-state index is 0.00136. The monoisotopic (exact) mass is 357 g/mol. The van der Waals surface area contributed by atoms with Crippen molar-refractivity contribution in [1.82, 2.24) is 10.2 Å². The van der Waals surface area contributed by atoms with Gasteiger partial charge in [-0.1, -0.05) is 42.6 Å². The van der Waals surface area contributed by atoms with Gasteiger partial charge in [-0.15, -0.1) is 11.3 Å². The Kier molecular flexibility index (Phi) is 5.06. The minimum Gasteiger partial charge on any atom is -0.348 e. The summed E-state index contributed by atoms with van der Waals surface area (Å²) in [6, 6.07) is 12.0. The van der Waals surface area contributed by atoms with Crippen LogP contribution in [0.5, 0.6) is 0 Å².